The van der Waals surface area contributed by atoms with Gasteiger partial charge in [0.15, 0.2) is 11.5 Å². The first kappa shape index (κ1) is 10.5. The molecule has 0 saturated heterocycles. The third-order valence-electron chi connectivity index (χ3n) is 2.58. The van der Waals surface area contributed by atoms with Crippen LogP contribution in [0.25, 0.3) is 5.65 Å². The zero-order valence-electron chi connectivity index (χ0n) is 9.26. The molecule has 0 aliphatic rings. The monoisotopic (exact) mass is 243 g/mol. The molecule has 7 heteroatoms. The number of carboxylic acids is 1. The van der Waals surface area contributed by atoms with Crippen molar-refractivity contribution in [2.24, 2.45) is 0 Å². The van der Waals surface area contributed by atoms with Gasteiger partial charge in [0.2, 0.25) is 0 Å². The molecule has 3 heterocycles. The Bertz CT molecular complexity index is 701. The van der Waals surface area contributed by atoms with Gasteiger partial charge in [-0.1, -0.05) is 0 Å². The van der Waals surface area contributed by atoms with Crippen LogP contribution in [0.5, 0.6) is 0 Å². The Morgan fingerprint density at radius 1 is 1.33 bits per heavy atom. The van der Waals surface area contributed by atoms with Crippen LogP contribution in [0.2, 0.25) is 0 Å². The quantitative estimate of drug-likeness (QED) is 0.730. The molecule has 0 amide bonds. The normalized spacial score (nSPS) is 10.9. The summed E-state index contributed by atoms with van der Waals surface area (Å²) in [5, 5.41) is 21.0. The van der Waals surface area contributed by atoms with Gasteiger partial charge in [-0.3, -0.25) is 9.08 Å². The Morgan fingerprint density at radius 3 is 2.94 bits per heavy atom. The molecule has 3 aromatic rings. The van der Waals surface area contributed by atoms with Gasteiger partial charge in [-0.15, -0.1) is 10.2 Å². The molecular weight excluding hydrogens is 234 g/mol. The molecule has 90 valence electrons. The minimum Gasteiger partial charge on any atom is -0.478 e. The maximum Gasteiger partial charge on any atom is 0.337 e. The second-order valence-electron chi connectivity index (χ2n) is 3.77. The fourth-order valence-corrected chi connectivity index (χ4v) is 1.71. The second kappa shape index (κ2) is 3.95. The number of carbonyl (C=O) groups is 1. The second-order valence-corrected chi connectivity index (χ2v) is 3.77. The Kier molecular flexibility index (Phi) is 2.30. The van der Waals surface area contributed by atoms with Gasteiger partial charge in [0, 0.05) is 18.6 Å². The van der Waals surface area contributed by atoms with Crippen molar-refractivity contribution in [3.8, 4) is 0 Å². The van der Waals surface area contributed by atoms with Crippen LogP contribution in [-0.2, 0) is 6.54 Å². The van der Waals surface area contributed by atoms with Gasteiger partial charge in [0.1, 0.15) is 6.54 Å². The van der Waals surface area contributed by atoms with Gasteiger partial charge >= 0.3 is 5.97 Å². The van der Waals surface area contributed by atoms with E-state index in [1.807, 2.05) is 12.3 Å². The van der Waals surface area contributed by atoms with Crippen molar-refractivity contribution in [1.82, 2.24) is 24.4 Å². The zero-order chi connectivity index (χ0) is 12.5. The molecule has 0 spiro atoms. The number of carboxylic acid groups (broad SMARTS) is 1. The van der Waals surface area contributed by atoms with Gasteiger partial charge in [-0.05, 0) is 18.2 Å². The minimum absolute atomic E-state index is 0.198. The van der Waals surface area contributed by atoms with Crippen molar-refractivity contribution in [2.75, 3.05) is 0 Å². The van der Waals surface area contributed by atoms with Crippen LogP contribution in [-0.4, -0.2) is 35.5 Å². The standard InChI is InChI=1S/C11H9N5O2/c17-11(18)8-2-3-9-13-14-10(16(9)6-8)7-15-5-1-4-12-15/h1-6H,7H2,(H,17,18). The molecule has 0 aliphatic carbocycles. The highest BCUT2D eigenvalue weighted by molar-refractivity contribution is 5.87. The van der Waals surface area contributed by atoms with E-state index in [2.05, 4.69) is 15.3 Å². The third kappa shape index (κ3) is 1.71. The van der Waals surface area contributed by atoms with Gasteiger partial charge in [0.25, 0.3) is 0 Å². The summed E-state index contributed by atoms with van der Waals surface area (Å²) in [5.41, 5.74) is 0.811. The van der Waals surface area contributed by atoms with Crippen molar-refractivity contribution >= 4 is 11.6 Å². The first-order valence-corrected chi connectivity index (χ1v) is 5.28. The molecule has 0 aliphatic heterocycles. The van der Waals surface area contributed by atoms with Crippen molar-refractivity contribution < 1.29 is 9.90 Å². The summed E-state index contributed by atoms with van der Waals surface area (Å²) in [6, 6.07) is 4.94. The summed E-state index contributed by atoms with van der Waals surface area (Å²) in [6.45, 7) is 0.442. The van der Waals surface area contributed by atoms with E-state index in [1.54, 1.807) is 21.3 Å². The molecule has 18 heavy (non-hydrogen) atoms. The van der Waals surface area contributed by atoms with E-state index in [4.69, 9.17) is 5.11 Å². The van der Waals surface area contributed by atoms with Crippen LogP contribution >= 0.6 is 0 Å². The van der Waals surface area contributed by atoms with E-state index in [0.29, 0.717) is 18.0 Å². The number of pyridine rings is 1. The average Bonchev–Trinajstić information content (AvgIpc) is 2.99. The van der Waals surface area contributed by atoms with Crippen LogP contribution in [0, 0.1) is 0 Å². The highest BCUT2D eigenvalue weighted by atomic mass is 16.4. The number of nitrogens with zero attached hydrogens (tertiary/aromatic N) is 5. The van der Waals surface area contributed by atoms with E-state index in [-0.39, 0.29) is 5.56 Å². The Balaban J connectivity index is 2.06. The Labute approximate surface area is 101 Å². The van der Waals surface area contributed by atoms with Crippen LogP contribution in [0.3, 0.4) is 0 Å². The van der Waals surface area contributed by atoms with Crippen LogP contribution in [0.1, 0.15) is 16.2 Å². The molecule has 3 aromatic heterocycles. The van der Waals surface area contributed by atoms with Gasteiger partial charge < -0.3 is 5.11 Å². The molecule has 0 aromatic carbocycles. The van der Waals surface area contributed by atoms with Crippen molar-refractivity contribution in [3.63, 3.8) is 0 Å². The number of hydrogen-bond donors (Lipinski definition) is 1. The lowest BCUT2D eigenvalue weighted by atomic mass is 10.3. The van der Waals surface area contributed by atoms with Gasteiger partial charge in [-0.2, -0.15) is 5.10 Å². The molecule has 0 unspecified atom stereocenters. The summed E-state index contributed by atoms with van der Waals surface area (Å²) in [5.74, 6) is -0.340. The number of aromatic carboxylic acids is 1. The lowest BCUT2D eigenvalue weighted by Crippen LogP contribution is -2.06. The molecule has 3 rings (SSSR count). The summed E-state index contributed by atoms with van der Waals surface area (Å²) >= 11 is 0. The topological polar surface area (TPSA) is 85.3 Å². The smallest absolute Gasteiger partial charge is 0.337 e. The number of hydrogen-bond acceptors (Lipinski definition) is 4. The van der Waals surface area contributed by atoms with E-state index in [1.165, 1.54) is 12.3 Å². The van der Waals surface area contributed by atoms with Crippen LogP contribution in [0.4, 0.5) is 0 Å². The van der Waals surface area contributed by atoms with E-state index >= 15 is 0 Å². The largest absolute Gasteiger partial charge is 0.478 e. The summed E-state index contributed by atoms with van der Waals surface area (Å²) in [7, 11) is 0. The lowest BCUT2D eigenvalue weighted by molar-refractivity contribution is 0.0696. The predicted octanol–water partition coefficient (Wildman–Crippen LogP) is 0.672. The predicted molar refractivity (Wildman–Crippen MR) is 61.3 cm³/mol. The van der Waals surface area contributed by atoms with Crippen LogP contribution < -0.4 is 0 Å². The minimum atomic E-state index is -0.976. The highest BCUT2D eigenvalue weighted by Crippen LogP contribution is 2.08. The number of rotatable bonds is 3. The fraction of sp³-hybridized carbons (Fsp3) is 0.0909. The van der Waals surface area contributed by atoms with E-state index in [9.17, 15) is 4.79 Å². The summed E-state index contributed by atoms with van der Waals surface area (Å²) < 4.78 is 3.36. The van der Waals surface area contributed by atoms with Gasteiger partial charge in [-0.25, -0.2) is 4.79 Å². The lowest BCUT2D eigenvalue weighted by Gasteiger charge is -2.01. The molecular formula is C11H9N5O2. The SMILES string of the molecule is O=C(O)c1ccc2nnc(Cn3cccn3)n2c1. The molecule has 0 radical (unpaired) electrons. The zero-order valence-corrected chi connectivity index (χ0v) is 9.26. The first-order valence-electron chi connectivity index (χ1n) is 5.28. The van der Waals surface area contributed by atoms with Crippen molar-refractivity contribution in [2.45, 2.75) is 6.54 Å². The summed E-state index contributed by atoms with van der Waals surface area (Å²) in [6.07, 6.45) is 4.99. The Hall–Kier alpha value is -2.70. The fourth-order valence-electron chi connectivity index (χ4n) is 1.71. The molecule has 7 nitrogen and oxygen atoms in total. The van der Waals surface area contributed by atoms with Crippen molar-refractivity contribution in [3.05, 3.63) is 48.2 Å². The van der Waals surface area contributed by atoms with Gasteiger partial charge in [0.05, 0.1) is 5.56 Å². The maximum absolute atomic E-state index is 10.9. The van der Waals surface area contributed by atoms with Crippen LogP contribution in [0.15, 0.2) is 36.8 Å². The summed E-state index contributed by atoms with van der Waals surface area (Å²) in [4.78, 5) is 10.9. The third-order valence-corrected chi connectivity index (χ3v) is 2.58. The average molecular weight is 243 g/mol. The molecule has 1 N–H and O–H groups in total. The van der Waals surface area contributed by atoms with E-state index < -0.39 is 5.97 Å². The molecule has 0 bridgehead atoms. The number of fused-ring (bicyclic) bond motifs is 1. The maximum atomic E-state index is 10.9. The van der Waals surface area contributed by atoms with Crippen molar-refractivity contribution in [1.29, 1.82) is 0 Å². The number of aromatic nitrogens is 5. The van der Waals surface area contributed by atoms with E-state index in [0.717, 1.165) is 0 Å². The molecule has 0 saturated carbocycles. The molecule has 0 atom stereocenters. The molecule has 0 fully saturated rings. The first-order chi connectivity index (χ1) is 8.74. The highest BCUT2D eigenvalue weighted by Gasteiger charge is 2.09. The Morgan fingerprint density at radius 2 is 2.22 bits per heavy atom.